The Morgan fingerprint density at radius 1 is 1.20 bits per heavy atom. The number of urea groups is 1. The molecule has 2 amide bonds. The SMILES string of the molecule is CC(NCC(C)C(C)(C)C)c1ccc(NC(N)=O)cc1. The van der Waals surface area contributed by atoms with E-state index in [-0.39, 0.29) is 6.04 Å². The molecule has 20 heavy (non-hydrogen) atoms. The van der Waals surface area contributed by atoms with Crippen LogP contribution in [0.5, 0.6) is 0 Å². The van der Waals surface area contributed by atoms with Gasteiger partial charge in [0.1, 0.15) is 0 Å². The van der Waals surface area contributed by atoms with Gasteiger partial charge in [0.2, 0.25) is 0 Å². The molecule has 1 aromatic rings. The summed E-state index contributed by atoms with van der Waals surface area (Å²) < 4.78 is 0. The molecule has 2 unspecified atom stereocenters. The summed E-state index contributed by atoms with van der Waals surface area (Å²) in [6.45, 7) is 12.2. The smallest absolute Gasteiger partial charge is 0.316 e. The first-order valence-corrected chi connectivity index (χ1v) is 7.10. The Morgan fingerprint density at radius 2 is 1.75 bits per heavy atom. The summed E-state index contributed by atoms with van der Waals surface area (Å²) in [6, 6.07) is 7.48. The van der Waals surface area contributed by atoms with Crippen LogP contribution in [0.1, 0.15) is 46.2 Å². The largest absolute Gasteiger partial charge is 0.351 e. The van der Waals surface area contributed by atoms with Gasteiger partial charge in [-0.1, -0.05) is 39.8 Å². The number of hydrogen-bond acceptors (Lipinski definition) is 2. The molecule has 0 bridgehead atoms. The summed E-state index contributed by atoms with van der Waals surface area (Å²) in [7, 11) is 0. The zero-order chi connectivity index (χ0) is 15.3. The van der Waals surface area contributed by atoms with Gasteiger partial charge < -0.3 is 16.4 Å². The van der Waals surface area contributed by atoms with E-state index in [9.17, 15) is 4.79 Å². The number of anilines is 1. The average Bonchev–Trinajstić information content (AvgIpc) is 2.34. The molecule has 1 aromatic carbocycles. The van der Waals surface area contributed by atoms with Crippen molar-refractivity contribution in [3.63, 3.8) is 0 Å². The number of rotatable bonds is 5. The number of amides is 2. The molecule has 0 saturated heterocycles. The fraction of sp³-hybridized carbons (Fsp3) is 0.562. The predicted octanol–water partition coefficient (Wildman–Crippen LogP) is 3.51. The molecule has 0 aliphatic rings. The lowest BCUT2D eigenvalue weighted by Gasteiger charge is -2.29. The molecule has 4 heteroatoms. The van der Waals surface area contributed by atoms with Crippen LogP contribution in [0.25, 0.3) is 0 Å². The van der Waals surface area contributed by atoms with Crippen LogP contribution in [0.4, 0.5) is 10.5 Å². The van der Waals surface area contributed by atoms with Gasteiger partial charge in [0.15, 0.2) is 0 Å². The van der Waals surface area contributed by atoms with E-state index in [0.717, 1.165) is 12.2 Å². The molecule has 0 heterocycles. The first kappa shape index (κ1) is 16.5. The van der Waals surface area contributed by atoms with Gasteiger partial charge in [-0.15, -0.1) is 0 Å². The van der Waals surface area contributed by atoms with Crippen molar-refractivity contribution in [2.75, 3.05) is 11.9 Å². The zero-order valence-corrected chi connectivity index (χ0v) is 13.2. The maximum absolute atomic E-state index is 10.8. The Kier molecular flexibility index (Phi) is 5.57. The molecule has 0 saturated carbocycles. The molecular formula is C16H27N3O. The number of carbonyl (C=O) groups excluding carboxylic acids is 1. The van der Waals surface area contributed by atoms with Gasteiger partial charge in [-0.25, -0.2) is 4.79 Å². The fourth-order valence-electron chi connectivity index (χ4n) is 1.77. The highest BCUT2D eigenvalue weighted by Crippen LogP contribution is 2.25. The second-order valence-corrected chi connectivity index (χ2v) is 6.51. The van der Waals surface area contributed by atoms with Crippen LogP contribution >= 0.6 is 0 Å². The number of carbonyl (C=O) groups is 1. The normalized spacial score (nSPS) is 14.7. The van der Waals surface area contributed by atoms with E-state index in [1.165, 1.54) is 5.56 Å². The lowest BCUT2D eigenvalue weighted by Crippen LogP contribution is -2.31. The zero-order valence-electron chi connectivity index (χ0n) is 13.2. The highest BCUT2D eigenvalue weighted by Gasteiger charge is 2.20. The third-order valence-electron chi connectivity index (χ3n) is 3.89. The van der Waals surface area contributed by atoms with E-state index in [1.54, 1.807) is 0 Å². The average molecular weight is 277 g/mol. The molecule has 1 rings (SSSR count). The van der Waals surface area contributed by atoms with Crippen molar-refractivity contribution in [1.29, 1.82) is 0 Å². The monoisotopic (exact) mass is 277 g/mol. The minimum Gasteiger partial charge on any atom is -0.351 e. The van der Waals surface area contributed by atoms with Gasteiger partial charge in [-0.3, -0.25) is 0 Å². The van der Waals surface area contributed by atoms with Crippen molar-refractivity contribution in [1.82, 2.24) is 5.32 Å². The van der Waals surface area contributed by atoms with Crippen molar-refractivity contribution in [2.45, 2.75) is 40.7 Å². The quantitative estimate of drug-likeness (QED) is 0.771. The van der Waals surface area contributed by atoms with Crippen LogP contribution < -0.4 is 16.4 Å². The summed E-state index contributed by atoms with van der Waals surface area (Å²) in [4.78, 5) is 10.8. The van der Waals surface area contributed by atoms with E-state index in [4.69, 9.17) is 5.73 Å². The Bertz CT molecular complexity index is 434. The summed E-state index contributed by atoms with van der Waals surface area (Å²) in [6.07, 6.45) is 0. The fourth-order valence-corrected chi connectivity index (χ4v) is 1.77. The van der Waals surface area contributed by atoms with E-state index < -0.39 is 6.03 Å². The second-order valence-electron chi connectivity index (χ2n) is 6.51. The topological polar surface area (TPSA) is 67.2 Å². The van der Waals surface area contributed by atoms with Crippen LogP contribution in [-0.4, -0.2) is 12.6 Å². The lowest BCUT2D eigenvalue weighted by molar-refractivity contribution is 0.247. The van der Waals surface area contributed by atoms with Crippen molar-refractivity contribution >= 4 is 11.7 Å². The van der Waals surface area contributed by atoms with Crippen molar-refractivity contribution in [3.05, 3.63) is 29.8 Å². The summed E-state index contributed by atoms with van der Waals surface area (Å²) in [5.41, 5.74) is 7.30. The standard InChI is InChI=1S/C16H27N3O/c1-11(16(3,4)5)10-18-12(2)13-6-8-14(9-7-13)19-15(17)20/h6-9,11-12,18H,10H2,1-5H3,(H3,17,19,20). The van der Waals surface area contributed by atoms with Gasteiger partial charge in [0, 0.05) is 11.7 Å². The van der Waals surface area contributed by atoms with Gasteiger partial charge >= 0.3 is 6.03 Å². The van der Waals surface area contributed by atoms with Crippen LogP contribution in [0.3, 0.4) is 0 Å². The minimum absolute atomic E-state index is 0.280. The molecule has 0 spiro atoms. The number of nitrogens with one attached hydrogen (secondary N) is 2. The second kappa shape index (κ2) is 6.75. The van der Waals surface area contributed by atoms with Crippen LogP contribution in [0.15, 0.2) is 24.3 Å². The molecule has 0 fully saturated rings. The van der Waals surface area contributed by atoms with Crippen LogP contribution in [-0.2, 0) is 0 Å². The van der Waals surface area contributed by atoms with Gasteiger partial charge in [-0.05, 0) is 42.5 Å². The molecular weight excluding hydrogens is 250 g/mol. The van der Waals surface area contributed by atoms with Crippen LogP contribution in [0, 0.1) is 11.3 Å². The molecule has 0 aromatic heterocycles. The van der Waals surface area contributed by atoms with Crippen molar-refractivity contribution in [3.8, 4) is 0 Å². The third-order valence-corrected chi connectivity index (χ3v) is 3.89. The summed E-state index contributed by atoms with van der Waals surface area (Å²) in [5, 5.41) is 6.11. The number of benzene rings is 1. The van der Waals surface area contributed by atoms with Gasteiger partial charge in [0.25, 0.3) is 0 Å². The number of hydrogen-bond donors (Lipinski definition) is 3. The van der Waals surface area contributed by atoms with Crippen molar-refractivity contribution < 1.29 is 4.79 Å². The number of primary amides is 1. The summed E-state index contributed by atoms with van der Waals surface area (Å²) >= 11 is 0. The molecule has 0 radical (unpaired) electrons. The lowest BCUT2D eigenvalue weighted by atomic mass is 9.82. The van der Waals surface area contributed by atoms with Gasteiger partial charge in [0.05, 0.1) is 0 Å². The van der Waals surface area contributed by atoms with Gasteiger partial charge in [-0.2, -0.15) is 0 Å². The molecule has 2 atom stereocenters. The Balaban J connectivity index is 2.55. The molecule has 4 N–H and O–H groups in total. The van der Waals surface area contributed by atoms with E-state index in [0.29, 0.717) is 11.3 Å². The minimum atomic E-state index is -0.539. The third kappa shape index (κ3) is 5.21. The molecule has 0 aliphatic heterocycles. The van der Waals surface area contributed by atoms with E-state index in [2.05, 4.69) is 45.3 Å². The highest BCUT2D eigenvalue weighted by molar-refractivity contribution is 5.87. The van der Waals surface area contributed by atoms with E-state index >= 15 is 0 Å². The molecule has 4 nitrogen and oxygen atoms in total. The van der Waals surface area contributed by atoms with Crippen LogP contribution in [0.2, 0.25) is 0 Å². The Labute approximate surface area is 122 Å². The number of nitrogens with two attached hydrogens (primary N) is 1. The first-order chi connectivity index (χ1) is 9.20. The molecule has 112 valence electrons. The highest BCUT2D eigenvalue weighted by atomic mass is 16.2. The maximum atomic E-state index is 10.8. The Hall–Kier alpha value is -1.55. The van der Waals surface area contributed by atoms with E-state index in [1.807, 2.05) is 24.3 Å². The maximum Gasteiger partial charge on any atom is 0.316 e. The predicted molar refractivity (Wildman–Crippen MR) is 84.7 cm³/mol. The Morgan fingerprint density at radius 3 is 2.20 bits per heavy atom. The van der Waals surface area contributed by atoms with Crippen molar-refractivity contribution in [2.24, 2.45) is 17.1 Å². The first-order valence-electron chi connectivity index (χ1n) is 7.10. The molecule has 0 aliphatic carbocycles. The summed E-state index contributed by atoms with van der Waals surface area (Å²) in [5.74, 6) is 0.598.